The first-order valence-corrected chi connectivity index (χ1v) is 25.1. The number of ether oxygens (including phenoxy) is 2. The molecule has 2 aliphatic heterocycles. The van der Waals surface area contributed by atoms with Crippen LogP contribution in [0.15, 0.2) is 60.7 Å². The van der Waals surface area contributed by atoms with Crippen molar-refractivity contribution in [1.29, 1.82) is 0 Å². The summed E-state index contributed by atoms with van der Waals surface area (Å²) < 4.78 is 13.0. The molecule has 6 heteroatoms. The monoisotopic (exact) mass is 839 g/mol. The number of unbranched alkanes of at least 4 members (excludes halogenated alkanes) is 24. The lowest BCUT2D eigenvalue weighted by atomic mass is 10.0. The summed E-state index contributed by atoms with van der Waals surface area (Å²) in [5.41, 5.74) is 9.80. The highest BCUT2D eigenvalue weighted by molar-refractivity contribution is 5.88. The van der Waals surface area contributed by atoms with Gasteiger partial charge in [0.05, 0.1) is 36.0 Å². The average Bonchev–Trinajstić information content (AvgIpc) is 4.10. The second-order valence-electron chi connectivity index (χ2n) is 18.0. The molecular formula is C56H78N4O2. The smallest absolute Gasteiger partial charge is 0.123 e. The second kappa shape index (κ2) is 27.5. The molecule has 0 aliphatic carbocycles. The topological polar surface area (TPSA) is 75.8 Å². The number of fused-ring (bicyclic) bond motifs is 8. The number of H-pyrrole nitrogens is 2. The van der Waals surface area contributed by atoms with Gasteiger partial charge in [0.1, 0.15) is 11.5 Å². The number of nitrogens with zero attached hydrogens (tertiary/aromatic N) is 2. The van der Waals surface area contributed by atoms with Crippen LogP contribution in [0.25, 0.3) is 57.5 Å². The van der Waals surface area contributed by atoms with Gasteiger partial charge in [0.15, 0.2) is 0 Å². The van der Waals surface area contributed by atoms with Crippen molar-refractivity contribution < 1.29 is 9.47 Å². The van der Waals surface area contributed by atoms with Gasteiger partial charge in [0.25, 0.3) is 0 Å². The Morgan fingerprint density at radius 2 is 0.774 bits per heavy atom. The minimum absolute atomic E-state index is 0.715. The highest BCUT2D eigenvalue weighted by atomic mass is 16.5. The molecule has 8 bridgehead atoms. The fraction of sp³-hybridized carbons (Fsp3) is 0.536. The Bertz CT molecular complexity index is 2070. The molecule has 334 valence electrons. The largest absolute Gasteiger partial charge is 0.493 e. The van der Waals surface area contributed by atoms with E-state index in [1.54, 1.807) is 0 Å². The van der Waals surface area contributed by atoms with Crippen LogP contribution in [0.1, 0.15) is 204 Å². The molecule has 5 heterocycles. The summed E-state index contributed by atoms with van der Waals surface area (Å²) in [5.74, 6) is 1.74. The summed E-state index contributed by atoms with van der Waals surface area (Å²) in [6.07, 6.45) is 43.1. The molecule has 1 aromatic carbocycles. The van der Waals surface area contributed by atoms with Gasteiger partial charge in [-0.3, -0.25) is 0 Å². The fourth-order valence-electron chi connectivity index (χ4n) is 8.77. The van der Waals surface area contributed by atoms with Crippen LogP contribution in [0.5, 0.6) is 11.5 Å². The van der Waals surface area contributed by atoms with Crippen LogP contribution in [0.3, 0.4) is 0 Å². The predicted molar refractivity (Wildman–Crippen MR) is 267 cm³/mol. The number of hydrogen-bond donors (Lipinski definition) is 2. The fourth-order valence-corrected chi connectivity index (χ4v) is 8.77. The minimum atomic E-state index is 0.715. The zero-order valence-corrected chi connectivity index (χ0v) is 38.6. The predicted octanol–water partition coefficient (Wildman–Crippen LogP) is 17.3. The first-order chi connectivity index (χ1) is 30.6. The molecule has 3 aromatic heterocycles. The molecule has 62 heavy (non-hydrogen) atoms. The van der Waals surface area contributed by atoms with Crippen molar-refractivity contribution in [3.8, 4) is 22.6 Å². The SMILES string of the molecule is CCCCCCCCCCCCCCCOc1cc(OCCCCCCCCCCCCCCC)cc(-c2cc3cc4ccc(cc5nc(cc6nc(cc2[nH]3)C=C6)C=C5)[nH]4)c1. The lowest BCUT2D eigenvalue weighted by Crippen LogP contribution is -2.01. The number of benzene rings is 1. The summed E-state index contributed by atoms with van der Waals surface area (Å²) in [5, 5.41) is 0. The van der Waals surface area contributed by atoms with E-state index in [4.69, 9.17) is 19.4 Å². The summed E-state index contributed by atoms with van der Waals surface area (Å²) in [6, 6.07) is 21.3. The zero-order chi connectivity index (χ0) is 42.9. The Morgan fingerprint density at radius 1 is 0.371 bits per heavy atom. The number of hydrogen-bond acceptors (Lipinski definition) is 4. The molecule has 0 radical (unpaired) electrons. The van der Waals surface area contributed by atoms with Crippen LogP contribution >= 0.6 is 0 Å². The first kappa shape index (κ1) is 46.9. The van der Waals surface area contributed by atoms with Gasteiger partial charge in [0.2, 0.25) is 0 Å². The van der Waals surface area contributed by atoms with Crippen LogP contribution in [-0.4, -0.2) is 33.1 Å². The Hall–Kier alpha value is -4.58. The summed E-state index contributed by atoms with van der Waals surface area (Å²) >= 11 is 0. The lowest BCUT2D eigenvalue weighted by molar-refractivity contribution is 0.290. The normalized spacial score (nSPS) is 12.1. The molecule has 0 amide bonds. The third-order valence-corrected chi connectivity index (χ3v) is 12.4. The van der Waals surface area contributed by atoms with E-state index in [9.17, 15) is 0 Å². The van der Waals surface area contributed by atoms with Crippen LogP contribution in [0.2, 0.25) is 0 Å². The van der Waals surface area contributed by atoms with Crippen molar-refractivity contribution in [2.75, 3.05) is 13.2 Å². The van der Waals surface area contributed by atoms with Gasteiger partial charge in [-0.15, -0.1) is 0 Å². The zero-order valence-electron chi connectivity index (χ0n) is 38.6. The van der Waals surface area contributed by atoms with Gasteiger partial charge in [-0.1, -0.05) is 168 Å². The van der Waals surface area contributed by atoms with Gasteiger partial charge < -0.3 is 19.4 Å². The van der Waals surface area contributed by atoms with Crippen LogP contribution in [-0.2, 0) is 0 Å². The molecule has 0 fully saturated rings. The summed E-state index contributed by atoms with van der Waals surface area (Å²) in [6.45, 7) is 6.02. The summed E-state index contributed by atoms with van der Waals surface area (Å²) in [4.78, 5) is 17.0. The van der Waals surface area contributed by atoms with Gasteiger partial charge in [-0.25, -0.2) is 9.97 Å². The van der Waals surface area contributed by atoms with E-state index in [1.807, 2.05) is 18.2 Å². The molecule has 0 unspecified atom stereocenters. The van der Waals surface area contributed by atoms with Gasteiger partial charge in [-0.2, -0.15) is 0 Å². The van der Waals surface area contributed by atoms with Crippen molar-refractivity contribution in [1.82, 2.24) is 19.9 Å². The standard InChI is InChI=1S/C56H78N4O2/c1-3-5-7-9-11-13-15-17-19-21-23-25-27-35-61-53-37-45(38-54(44-53)62-36-28-26-24-22-20-18-16-14-12-10-8-6-4-2)55-42-52-41-50-32-31-48(58-50)39-46-29-30-47(57-46)40-49-33-34-51(59-49)43-56(55)60-52/h29-34,37-44,58,60H,3-28,35-36H2,1-2H3. The van der Waals surface area contributed by atoms with E-state index in [1.165, 1.54) is 154 Å². The third kappa shape index (κ3) is 16.9. The minimum Gasteiger partial charge on any atom is -0.493 e. The molecule has 2 aliphatic rings. The van der Waals surface area contributed by atoms with Crippen molar-refractivity contribution in [2.45, 2.75) is 181 Å². The van der Waals surface area contributed by atoms with Gasteiger partial charge in [0, 0.05) is 33.7 Å². The quantitative estimate of drug-likeness (QED) is 0.0428. The molecule has 0 saturated heterocycles. The number of aromatic nitrogens is 4. The van der Waals surface area contributed by atoms with Crippen molar-refractivity contribution in [2.24, 2.45) is 0 Å². The van der Waals surface area contributed by atoms with Crippen molar-refractivity contribution >= 4 is 46.4 Å². The average molecular weight is 839 g/mol. The molecule has 2 N–H and O–H groups in total. The van der Waals surface area contributed by atoms with E-state index in [0.29, 0.717) is 13.2 Å². The molecule has 0 atom stereocenters. The molecule has 6 rings (SSSR count). The maximum atomic E-state index is 6.52. The van der Waals surface area contributed by atoms with E-state index in [-0.39, 0.29) is 0 Å². The van der Waals surface area contributed by atoms with E-state index < -0.39 is 0 Å². The van der Waals surface area contributed by atoms with Crippen LogP contribution in [0.4, 0.5) is 0 Å². The van der Waals surface area contributed by atoms with E-state index >= 15 is 0 Å². The Balaban J connectivity index is 1.10. The maximum Gasteiger partial charge on any atom is 0.123 e. The maximum absolute atomic E-state index is 6.52. The molecule has 0 saturated carbocycles. The van der Waals surface area contributed by atoms with E-state index in [0.717, 1.165) is 80.3 Å². The van der Waals surface area contributed by atoms with Crippen LogP contribution in [0, 0.1) is 0 Å². The Morgan fingerprint density at radius 3 is 1.24 bits per heavy atom. The second-order valence-corrected chi connectivity index (χ2v) is 18.0. The first-order valence-electron chi connectivity index (χ1n) is 25.1. The van der Waals surface area contributed by atoms with Crippen molar-refractivity contribution in [3.63, 3.8) is 0 Å². The lowest BCUT2D eigenvalue weighted by Gasteiger charge is -2.13. The third-order valence-electron chi connectivity index (χ3n) is 12.4. The molecule has 0 spiro atoms. The molecular weight excluding hydrogens is 761 g/mol. The van der Waals surface area contributed by atoms with Crippen molar-refractivity contribution in [3.05, 3.63) is 83.4 Å². The molecule has 6 nitrogen and oxygen atoms in total. The molecule has 4 aromatic rings. The number of aromatic amines is 2. The number of rotatable bonds is 31. The summed E-state index contributed by atoms with van der Waals surface area (Å²) in [7, 11) is 0. The van der Waals surface area contributed by atoms with Gasteiger partial charge in [-0.05, 0) is 97.3 Å². The Kier molecular flexibility index (Phi) is 20.8. The highest BCUT2D eigenvalue weighted by Gasteiger charge is 2.12. The Labute approximate surface area is 374 Å². The highest BCUT2D eigenvalue weighted by Crippen LogP contribution is 2.34. The van der Waals surface area contributed by atoms with E-state index in [2.05, 4.69) is 90.6 Å². The van der Waals surface area contributed by atoms with Gasteiger partial charge >= 0.3 is 0 Å². The number of nitrogens with one attached hydrogen (secondary N) is 2. The van der Waals surface area contributed by atoms with Crippen LogP contribution < -0.4 is 9.47 Å².